The van der Waals surface area contributed by atoms with Gasteiger partial charge in [-0.05, 0) is 42.7 Å². The second-order valence-electron chi connectivity index (χ2n) is 10.2. The Balaban J connectivity index is 1.21. The van der Waals surface area contributed by atoms with Crippen LogP contribution in [0.5, 0.6) is 0 Å². The van der Waals surface area contributed by atoms with Crippen LogP contribution in [0.1, 0.15) is 50.7 Å². The van der Waals surface area contributed by atoms with Gasteiger partial charge < -0.3 is 30.7 Å². The van der Waals surface area contributed by atoms with E-state index < -0.39 is 17.7 Å². The first-order valence-corrected chi connectivity index (χ1v) is 14.1. The van der Waals surface area contributed by atoms with Gasteiger partial charge in [0.15, 0.2) is 5.79 Å². The molecule has 40 heavy (non-hydrogen) atoms. The molecule has 5 N–H and O–H groups in total. The van der Waals surface area contributed by atoms with Crippen molar-refractivity contribution in [2.75, 3.05) is 26.3 Å². The molecule has 10 nitrogen and oxygen atoms in total. The van der Waals surface area contributed by atoms with Crippen LogP contribution in [0.3, 0.4) is 0 Å². The molecule has 3 aliphatic rings. The van der Waals surface area contributed by atoms with Crippen molar-refractivity contribution in [2.24, 2.45) is 5.73 Å². The number of carbonyl (C=O) groups is 3. The number of nitrogens with one attached hydrogen (secondary N) is 3. The van der Waals surface area contributed by atoms with Gasteiger partial charge in [-0.15, -0.1) is 11.3 Å². The van der Waals surface area contributed by atoms with Crippen molar-refractivity contribution in [1.29, 1.82) is 5.41 Å². The van der Waals surface area contributed by atoms with Crippen LogP contribution in [-0.2, 0) is 25.6 Å². The van der Waals surface area contributed by atoms with E-state index in [-0.39, 0.29) is 49.6 Å². The van der Waals surface area contributed by atoms with E-state index in [9.17, 15) is 14.4 Å². The lowest BCUT2D eigenvalue weighted by Crippen LogP contribution is -2.49. The van der Waals surface area contributed by atoms with Gasteiger partial charge in [0.05, 0.1) is 32.8 Å². The number of amides is 3. The number of nitrogen functional groups attached to an aromatic ring is 1. The topological polar surface area (TPSA) is 147 Å². The minimum Gasteiger partial charge on any atom is -0.384 e. The first-order valence-electron chi connectivity index (χ1n) is 13.2. The number of likely N-dealkylation sites (tertiary alicyclic amines) is 1. The molecule has 1 spiro atoms. The van der Waals surface area contributed by atoms with Crippen LogP contribution in [0.4, 0.5) is 0 Å². The lowest BCUT2D eigenvalue weighted by Gasteiger charge is -2.24. The van der Waals surface area contributed by atoms with Crippen molar-refractivity contribution in [1.82, 2.24) is 15.5 Å². The van der Waals surface area contributed by atoms with E-state index in [4.69, 9.17) is 20.6 Å². The molecular weight excluding hydrogens is 530 g/mol. The standard InChI is InChI=1S/C29H33N5O5S/c1-18-11-20(7-8-23(18)19-5-3-2-4-6-19)27(36)33-15-25(35)34-17-29(38-9-10-39-29)13-24(34)28(37)32-14-22-12-21(16-40-22)26(30)31/h2-5,7-8,11-12,16,19,24H,6,9-10,13-15,17H2,1H3,(H3,30,31)(H,32,37)(H,33,36). The van der Waals surface area contributed by atoms with Crippen molar-refractivity contribution in [2.45, 2.75) is 44.1 Å². The second-order valence-corrected chi connectivity index (χ2v) is 11.2. The molecule has 5 rings (SSSR count). The largest absolute Gasteiger partial charge is 0.384 e. The van der Waals surface area contributed by atoms with Crippen LogP contribution in [0, 0.1) is 12.3 Å². The molecule has 2 saturated heterocycles. The zero-order chi connectivity index (χ0) is 28.3. The second kappa shape index (κ2) is 11.7. The average molecular weight is 564 g/mol. The highest BCUT2D eigenvalue weighted by Crippen LogP contribution is 2.35. The molecule has 0 bridgehead atoms. The summed E-state index contributed by atoms with van der Waals surface area (Å²) in [4.78, 5) is 41.7. The number of benzene rings is 1. The van der Waals surface area contributed by atoms with E-state index >= 15 is 0 Å². The van der Waals surface area contributed by atoms with Crippen molar-refractivity contribution >= 4 is 34.9 Å². The Kier molecular flexibility index (Phi) is 8.15. The van der Waals surface area contributed by atoms with Gasteiger partial charge in [-0.3, -0.25) is 19.8 Å². The third kappa shape index (κ3) is 6.01. The van der Waals surface area contributed by atoms with Crippen LogP contribution in [0.2, 0.25) is 0 Å². The highest BCUT2D eigenvalue weighted by molar-refractivity contribution is 7.10. The predicted molar refractivity (Wildman–Crippen MR) is 151 cm³/mol. The average Bonchev–Trinajstić information content (AvgIpc) is 3.71. The van der Waals surface area contributed by atoms with Gasteiger partial charge in [-0.25, -0.2) is 0 Å². The Bertz CT molecular complexity index is 1380. The van der Waals surface area contributed by atoms with Gasteiger partial charge in [0.1, 0.15) is 11.9 Å². The number of carbonyl (C=O) groups excluding carboxylic acids is 3. The van der Waals surface area contributed by atoms with Crippen molar-refractivity contribution in [3.63, 3.8) is 0 Å². The number of rotatable bonds is 8. The molecule has 2 aromatic rings. The minimum absolute atomic E-state index is 0.0363. The first kappa shape index (κ1) is 27.8. The Morgan fingerprint density at radius 1 is 1.15 bits per heavy atom. The zero-order valence-electron chi connectivity index (χ0n) is 22.3. The van der Waals surface area contributed by atoms with E-state index in [2.05, 4.69) is 22.8 Å². The molecule has 0 saturated carbocycles. The Labute approximate surface area is 236 Å². The third-order valence-corrected chi connectivity index (χ3v) is 8.38. The molecule has 2 fully saturated rings. The number of allylic oxidation sites excluding steroid dienone is 4. The highest BCUT2D eigenvalue weighted by Gasteiger charge is 2.52. The van der Waals surface area contributed by atoms with Crippen LogP contribution >= 0.6 is 11.3 Å². The lowest BCUT2D eigenvalue weighted by molar-refractivity contribution is -0.152. The monoisotopic (exact) mass is 563 g/mol. The molecule has 0 radical (unpaired) electrons. The number of aryl methyl sites for hydroxylation is 1. The maximum Gasteiger partial charge on any atom is 0.251 e. The molecule has 210 valence electrons. The third-order valence-electron chi connectivity index (χ3n) is 7.44. The summed E-state index contributed by atoms with van der Waals surface area (Å²) in [6.45, 7) is 2.84. The summed E-state index contributed by atoms with van der Waals surface area (Å²) < 4.78 is 11.6. The summed E-state index contributed by atoms with van der Waals surface area (Å²) >= 11 is 1.39. The van der Waals surface area contributed by atoms with Crippen molar-refractivity contribution in [3.05, 3.63) is 81.1 Å². The van der Waals surface area contributed by atoms with Crippen LogP contribution in [-0.4, -0.2) is 66.6 Å². The molecule has 1 aromatic carbocycles. The summed E-state index contributed by atoms with van der Waals surface area (Å²) in [5.41, 5.74) is 8.78. The van der Waals surface area contributed by atoms with Gasteiger partial charge in [-0.2, -0.15) is 0 Å². The fourth-order valence-corrected chi connectivity index (χ4v) is 6.18. The molecule has 1 aliphatic carbocycles. The number of nitrogens with two attached hydrogens (primary N) is 1. The molecule has 2 atom stereocenters. The molecule has 2 aliphatic heterocycles. The summed E-state index contributed by atoms with van der Waals surface area (Å²) in [7, 11) is 0. The number of hydrogen-bond acceptors (Lipinski definition) is 7. The predicted octanol–water partition coefficient (Wildman–Crippen LogP) is 2.33. The number of hydrogen-bond donors (Lipinski definition) is 4. The maximum atomic E-state index is 13.3. The molecule has 3 heterocycles. The summed E-state index contributed by atoms with van der Waals surface area (Å²) in [6, 6.07) is 6.52. The van der Waals surface area contributed by atoms with Gasteiger partial charge in [0.2, 0.25) is 11.8 Å². The van der Waals surface area contributed by atoms with Crippen LogP contribution in [0.15, 0.2) is 53.9 Å². The first-order chi connectivity index (χ1) is 19.2. The normalized spacial score (nSPS) is 21.1. The molecule has 1 aromatic heterocycles. The fraction of sp³-hybridized carbons (Fsp3) is 0.379. The van der Waals surface area contributed by atoms with Crippen molar-refractivity contribution in [3.8, 4) is 0 Å². The summed E-state index contributed by atoms with van der Waals surface area (Å²) in [5, 5.41) is 14.9. The Hall–Kier alpha value is -3.80. The maximum absolute atomic E-state index is 13.3. The van der Waals surface area contributed by atoms with E-state index in [0.29, 0.717) is 24.3 Å². The molecule has 2 unspecified atom stereocenters. The smallest absolute Gasteiger partial charge is 0.251 e. The number of thiophene rings is 1. The van der Waals surface area contributed by atoms with Gasteiger partial charge in [-0.1, -0.05) is 30.4 Å². The Morgan fingerprint density at radius 2 is 1.95 bits per heavy atom. The van der Waals surface area contributed by atoms with Crippen LogP contribution in [0.25, 0.3) is 0 Å². The zero-order valence-corrected chi connectivity index (χ0v) is 23.1. The minimum atomic E-state index is -1.03. The number of amidine groups is 1. The Morgan fingerprint density at radius 3 is 2.62 bits per heavy atom. The fourth-order valence-electron chi connectivity index (χ4n) is 5.35. The number of nitrogens with zero attached hydrogens (tertiary/aromatic N) is 1. The quantitative estimate of drug-likeness (QED) is 0.286. The summed E-state index contributed by atoms with van der Waals surface area (Å²) in [6.07, 6.45) is 9.46. The SMILES string of the molecule is Cc1cc(C(=O)NCC(=O)N2CC3(CC2C(=O)NCc2cc(C(=N)N)cs2)OCCO3)ccc1C1C=CC=CC1. The lowest BCUT2D eigenvalue weighted by atomic mass is 9.88. The molecular formula is C29H33N5O5S. The van der Waals surface area contributed by atoms with E-state index in [0.717, 1.165) is 16.9 Å². The highest BCUT2D eigenvalue weighted by atomic mass is 32.1. The molecule has 3 amide bonds. The van der Waals surface area contributed by atoms with Gasteiger partial charge >= 0.3 is 0 Å². The van der Waals surface area contributed by atoms with E-state index in [1.807, 2.05) is 31.2 Å². The van der Waals surface area contributed by atoms with Gasteiger partial charge in [0, 0.05) is 33.7 Å². The van der Waals surface area contributed by atoms with Crippen LogP contribution < -0.4 is 16.4 Å². The molecule has 11 heteroatoms. The van der Waals surface area contributed by atoms with Crippen molar-refractivity contribution < 1.29 is 23.9 Å². The number of ether oxygens (including phenoxy) is 2. The summed E-state index contributed by atoms with van der Waals surface area (Å²) in [5.74, 6) is -1.87. The van der Waals surface area contributed by atoms with E-state index in [1.54, 1.807) is 17.5 Å². The van der Waals surface area contributed by atoms with Gasteiger partial charge in [0.25, 0.3) is 5.91 Å². The van der Waals surface area contributed by atoms with E-state index in [1.165, 1.54) is 21.8 Å².